The summed E-state index contributed by atoms with van der Waals surface area (Å²) in [5, 5.41) is 10.6. The van der Waals surface area contributed by atoms with Crippen LogP contribution in [-0.2, 0) is 65.4 Å². The van der Waals surface area contributed by atoms with Crippen molar-refractivity contribution < 1.29 is 80.2 Å². The maximum atomic E-state index is 13.1. The van der Waals surface area contributed by atoms with Gasteiger partial charge >= 0.3 is 39.5 Å². The van der Waals surface area contributed by atoms with Gasteiger partial charge in [-0.2, -0.15) is 0 Å². The molecule has 0 aromatic heterocycles. The van der Waals surface area contributed by atoms with E-state index in [-0.39, 0.29) is 25.7 Å². The van der Waals surface area contributed by atoms with Crippen LogP contribution in [0.5, 0.6) is 0 Å². The molecule has 0 aliphatic carbocycles. The van der Waals surface area contributed by atoms with Gasteiger partial charge in [0.25, 0.3) is 0 Å². The molecule has 19 heteroatoms. The second kappa shape index (κ2) is 66.6. The molecule has 3 N–H and O–H groups in total. The fourth-order valence-corrected chi connectivity index (χ4v) is 13.2. The van der Waals surface area contributed by atoms with Crippen LogP contribution in [0.3, 0.4) is 0 Å². The fourth-order valence-electron chi connectivity index (χ4n) is 11.6. The topological polar surface area (TPSA) is 237 Å². The lowest BCUT2D eigenvalue weighted by molar-refractivity contribution is -0.161. The first-order chi connectivity index (χ1) is 45.7. The third-order valence-electron chi connectivity index (χ3n) is 17.6. The van der Waals surface area contributed by atoms with Gasteiger partial charge in [0.1, 0.15) is 19.3 Å². The second-order valence-electron chi connectivity index (χ2n) is 28.8. The van der Waals surface area contributed by atoms with Crippen molar-refractivity contribution in [1.29, 1.82) is 0 Å². The first-order valence-corrected chi connectivity index (χ1v) is 42.3. The SMILES string of the molecule is CCCCCCCCCCCC(=O)OC[C@H](COP(=O)(O)OC[C@H](O)COP(=O)(O)OC[C@@H](COC(=O)CCCCCCCCCCCCCCCCCC(C)C)OC(=O)CCCCCCCCCCCCCCCCCC(C)C)OC(=O)CCCCCCCCCC(C)C. The summed E-state index contributed by atoms with van der Waals surface area (Å²) in [5.74, 6) is 0.184. The number of carbonyl (C=O) groups is 4. The maximum absolute atomic E-state index is 13.1. The number of carbonyl (C=O) groups excluding carboxylic acids is 4. The molecule has 0 bridgehead atoms. The van der Waals surface area contributed by atoms with E-state index >= 15 is 0 Å². The number of hydrogen-bond donors (Lipinski definition) is 3. The average Bonchev–Trinajstić information content (AvgIpc) is 1.49. The molecule has 0 rings (SSSR count). The first kappa shape index (κ1) is 93.1. The van der Waals surface area contributed by atoms with E-state index in [2.05, 4.69) is 48.5 Å². The number of phosphoric ester groups is 2. The van der Waals surface area contributed by atoms with Crippen LogP contribution in [-0.4, -0.2) is 96.7 Å². The largest absolute Gasteiger partial charge is 0.472 e. The molecule has 0 heterocycles. The standard InChI is InChI=1S/C76H148O17P2/c1-8-9-10-11-12-27-36-43-50-57-73(78)86-64-72(93-76(81)60-53-46-39-32-35-42-49-56-69(6)7)66-91-95(84,85)89-62-70(77)61-88-94(82,83)90-65-71(92-75(80)59-52-45-38-31-26-22-18-14-16-20-24-29-34-41-48-55-68(4)5)63-87-74(79)58-51-44-37-30-25-21-17-13-15-19-23-28-33-40-47-54-67(2)3/h67-72,77H,8-66H2,1-7H3,(H,82,83)(H,84,85)/t70-,71-,72-/m1/s1. The molecule has 2 unspecified atom stereocenters. The minimum Gasteiger partial charge on any atom is -0.462 e. The molecule has 0 aromatic rings. The molecule has 0 spiro atoms. The summed E-state index contributed by atoms with van der Waals surface area (Å²) in [6.45, 7) is 11.9. The van der Waals surface area contributed by atoms with Gasteiger partial charge in [-0.15, -0.1) is 0 Å². The predicted molar refractivity (Wildman–Crippen MR) is 386 cm³/mol. The Kier molecular flexibility index (Phi) is 65.2. The summed E-state index contributed by atoms with van der Waals surface area (Å²) in [7, 11) is -9.91. The number of ether oxygens (including phenoxy) is 4. The highest BCUT2D eigenvalue weighted by Crippen LogP contribution is 2.45. The van der Waals surface area contributed by atoms with Crippen LogP contribution in [0.1, 0.15) is 389 Å². The molecule has 0 saturated carbocycles. The van der Waals surface area contributed by atoms with E-state index in [0.717, 1.165) is 102 Å². The Hall–Kier alpha value is -1.94. The summed E-state index contributed by atoms with van der Waals surface area (Å²) in [4.78, 5) is 72.7. The summed E-state index contributed by atoms with van der Waals surface area (Å²) in [6, 6.07) is 0. The molecular weight excluding hydrogens is 1250 g/mol. The van der Waals surface area contributed by atoms with Crippen molar-refractivity contribution in [1.82, 2.24) is 0 Å². The molecule has 0 amide bonds. The van der Waals surface area contributed by atoms with Crippen LogP contribution < -0.4 is 0 Å². The van der Waals surface area contributed by atoms with Gasteiger partial charge in [0.05, 0.1) is 26.4 Å². The highest BCUT2D eigenvalue weighted by molar-refractivity contribution is 7.47. The van der Waals surface area contributed by atoms with Gasteiger partial charge in [-0.3, -0.25) is 37.3 Å². The predicted octanol–water partition coefficient (Wildman–Crippen LogP) is 22.2. The number of aliphatic hydroxyl groups is 1. The van der Waals surface area contributed by atoms with Crippen LogP contribution in [0, 0.1) is 17.8 Å². The highest BCUT2D eigenvalue weighted by atomic mass is 31.2. The highest BCUT2D eigenvalue weighted by Gasteiger charge is 2.30. The van der Waals surface area contributed by atoms with Crippen molar-refractivity contribution in [2.75, 3.05) is 39.6 Å². The summed E-state index contributed by atoms with van der Waals surface area (Å²) < 4.78 is 68.4. The quantitative estimate of drug-likeness (QED) is 0.0222. The number of esters is 4. The Bertz CT molecular complexity index is 1850. The third-order valence-corrected chi connectivity index (χ3v) is 19.5. The van der Waals surface area contributed by atoms with Crippen molar-refractivity contribution in [3.05, 3.63) is 0 Å². The van der Waals surface area contributed by atoms with Crippen molar-refractivity contribution in [2.24, 2.45) is 17.8 Å². The molecule has 0 fully saturated rings. The molecule has 0 aromatic carbocycles. The Balaban J connectivity index is 5.20. The lowest BCUT2D eigenvalue weighted by Gasteiger charge is -2.21. The van der Waals surface area contributed by atoms with Crippen LogP contribution >= 0.6 is 15.6 Å². The van der Waals surface area contributed by atoms with E-state index in [0.29, 0.717) is 31.6 Å². The number of aliphatic hydroxyl groups excluding tert-OH is 1. The van der Waals surface area contributed by atoms with E-state index in [1.807, 2.05) is 0 Å². The van der Waals surface area contributed by atoms with Gasteiger partial charge in [0.2, 0.25) is 0 Å². The van der Waals surface area contributed by atoms with E-state index < -0.39 is 97.5 Å². The van der Waals surface area contributed by atoms with E-state index in [1.165, 1.54) is 199 Å². The first-order valence-electron chi connectivity index (χ1n) is 39.3. The van der Waals surface area contributed by atoms with Crippen LogP contribution in [0.15, 0.2) is 0 Å². The van der Waals surface area contributed by atoms with Crippen molar-refractivity contribution >= 4 is 39.5 Å². The van der Waals surface area contributed by atoms with Gasteiger partial charge in [-0.25, -0.2) is 9.13 Å². The van der Waals surface area contributed by atoms with E-state index in [9.17, 15) is 43.2 Å². The normalized spacial score (nSPS) is 14.1. The molecule has 17 nitrogen and oxygen atoms in total. The maximum Gasteiger partial charge on any atom is 0.472 e. The number of unbranched alkanes of at least 4 members (excludes halogenated alkanes) is 42. The van der Waals surface area contributed by atoms with Crippen molar-refractivity contribution in [3.63, 3.8) is 0 Å². The number of phosphoric acid groups is 2. The summed E-state index contributed by atoms with van der Waals surface area (Å²) in [5.41, 5.74) is 0. The van der Waals surface area contributed by atoms with Gasteiger partial charge in [-0.05, 0) is 43.4 Å². The summed E-state index contributed by atoms with van der Waals surface area (Å²) >= 11 is 0. The molecule has 0 saturated heterocycles. The number of hydrogen-bond acceptors (Lipinski definition) is 15. The monoisotopic (exact) mass is 1400 g/mol. The Labute approximate surface area is 581 Å². The van der Waals surface area contributed by atoms with Gasteiger partial charge in [0.15, 0.2) is 12.2 Å². The van der Waals surface area contributed by atoms with Crippen LogP contribution in [0.25, 0.3) is 0 Å². The zero-order chi connectivity index (χ0) is 70.1. The second-order valence-corrected chi connectivity index (χ2v) is 31.7. The van der Waals surface area contributed by atoms with Gasteiger partial charge in [-0.1, -0.05) is 337 Å². The van der Waals surface area contributed by atoms with Crippen molar-refractivity contribution in [2.45, 2.75) is 407 Å². The zero-order valence-electron chi connectivity index (χ0n) is 62.1. The fraction of sp³-hybridized carbons (Fsp3) is 0.947. The molecule has 0 radical (unpaired) electrons. The third kappa shape index (κ3) is 70.3. The molecule has 95 heavy (non-hydrogen) atoms. The van der Waals surface area contributed by atoms with E-state index in [1.54, 1.807) is 0 Å². The van der Waals surface area contributed by atoms with Crippen LogP contribution in [0.4, 0.5) is 0 Å². The van der Waals surface area contributed by atoms with Gasteiger partial charge in [0, 0.05) is 25.7 Å². The lowest BCUT2D eigenvalue weighted by Crippen LogP contribution is -2.30. The molecular formula is C76H148O17P2. The smallest absolute Gasteiger partial charge is 0.462 e. The Morgan fingerprint density at radius 2 is 0.484 bits per heavy atom. The van der Waals surface area contributed by atoms with E-state index in [4.69, 9.17) is 37.0 Å². The molecule has 5 atom stereocenters. The Morgan fingerprint density at radius 3 is 0.716 bits per heavy atom. The zero-order valence-corrected chi connectivity index (χ0v) is 63.9. The summed E-state index contributed by atoms with van der Waals surface area (Å²) in [6.07, 6.45) is 52.9. The number of rotatable bonds is 74. The Morgan fingerprint density at radius 1 is 0.284 bits per heavy atom. The molecule has 0 aliphatic heterocycles. The lowest BCUT2D eigenvalue weighted by atomic mass is 10.0. The molecule has 0 aliphatic rings. The molecule has 564 valence electrons. The average molecular weight is 1400 g/mol. The van der Waals surface area contributed by atoms with Crippen LogP contribution in [0.2, 0.25) is 0 Å². The van der Waals surface area contributed by atoms with Gasteiger partial charge < -0.3 is 33.8 Å². The minimum absolute atomic E-state index is 0.103. The minimum atomic E-state index is -4.96. The van der Waals surface area contributed by atoms with Crippen molar-refractivity contribution in [3.8, 4) is 0 Å².